The van der Waals surface area contributed by atoms with Crippen molar-refractivity contribution in [3.8, 4) is 20.9 Å². The third kappa shape index (κ3) is 2.61. The first kappa shape index (κ1) is 12.2. The van der Waals surface area contributed by atoms with Crippen molar-refractivity contribution in [1.82, 2.24) is 0 Å². The molecule has 19 heavy (non-hydrogen) atoms. The Balaban J connectivity index is 1.97. The lowest BCUT2D eigenvalue weighted by molar-refractivity contribution is 1.14. The molecule has 0 N–H and O–H groups in total. The SMILES string of the molecule is CCc1cccc(-c2ccc(-c3ccccc3)s2)c1. The highest BCUT2D eigenvalue weighted by atomic mass is 32.1. The minimum atomic E-state index is 1.09. The van der Waals surface area contributed by atoms with Gasteiger partial charge in [-0.05, 0) is 35.2 Å². The standard InChI is InChI=1S/C18H16S/c1-2-14-7-6-10-16(13-14)18-12-11-17(19-18)15-8-4-3-5-9-15/h3-13H,2H2,1H3. The van der Waals surface area contributed by atoms with E-state index in [0.717, 1.165) is 6.42 Å². The quantitative estimate of drug-likeness (QED) is 0.574. The fourth-order valence-electron chi connectivity index (χ4n) is 2.20. The van der Waals surface area contributed by atoms with E-state index in [-0.39, 0.29) is 0 Å². The number of aryl methyl sites for hydroxylation is 1. The van der Waals surface area contributed by atoms with Gasteiger partial charge in [-0.2, -0.15) is 0 Å². The number of hydrogen-bond donors (Lipinski definition) is 0. The summed E-state index contributed by atoms with van der Waals surface area (Å²) in [5.41, 5.74) is 4.02. The minimum absolute atomic E-state index is 1.09. The zero-order valence-electron chi connectivity index (χ0n) is 11.0. The molecule has 0 radical (unpaired) electrons. The van der Waals surface area contributed by atoms with Gasteiger partial charge in [0, 0.05) is 9.75 Å². The second kappa shape index (κ2) is 5.41. The van der Waals surface area contributed by atoms with Crippen molar-refractivity contribution in [3.05, 3.63) is 72.3 Å². The van der Waals surface area contributed by atoms with Crippen LogP contribution in [0.2, 0.25) is 0 Å². The first-order valence-corrected chi connectivity index (χ1v) is 7.43. The van der Waals surface area contributed by atoms with E-state index in [4.69, 9.17) is 0 Å². The van der Waals surface area contributed by atoms with Gasteiger partial charge in [0.1, 0.15) is 0 Å². The van der Waals surface area contributed by atoms with Gasteiger partial charge >= 0.3 is 0 Å². The molecule has 0 atom stereocenters. The smallest absolute Gasteiger partial charge is 0.0349 e. The molecule has 0 fully saturated rings. The van der Waals surface area contributed by atoms with Gasteiger partial charge in [0.05, 0.1) is 0 Å². The summed E-state index contributed by atoms with van der Waals surface area (Å²) < 4.78 is 0. The van der Waals surface area contributed by atoms with Crippen LogP contribution in [0.15, 0.2) is 66.7 Å². The minimum Gasteiger partial charge on any atom is -0.135 e. The van der Waals surface area contributed by atoms with E-state index in [1.807, 2.05) is 11.3 Å². The van der Waals surface area contributed by atoms with Crippen LogP contribution in [0.1, 0.15) is 12.5 Å². The number of thiophene rings is 1. The molecule has 0 spiro atoms. The summed E-state index contributed by atoms with van der Waals surface area (Å²) in [6, 6.07) is 23.8. The largest absolute Gasteiger partial charge is 0.135 e. The highest BCUT2D eigenvalue weighted by Gasteiger charge is 2.04. The lowest BCUT2D eigenvalue weighted by atomic mass is 10.1. The number of hydrogen-bond acceptors (Lipinski definition) is 1. The molecule has 94 valence electrons. The molecule has 2 aromatic carbocycles. The van der Waals surface area contributed by atoms with E-state index < -0.39 is 0 Å². The zero-order chi connectivity index (χ0) is 13.1. The molecule has 0 nitrogen and oxygen atoms in total. The fourth-order valence-corrected chi connectivity index (χ4v) is 3.20. The Morgan fingerprint density at radius 1 is 0.737 bits per heavy atom. The average molecular weight is 264 g/mol. The van der Waals surface area contributed by atoms with Crippen LogP contribution in [0, 0.1) is 0 Å². The van der Waals surface area contributed by atoms with E-state index in [2.05, 4.69) is 73.7 Å². The van der Waals surface area contributed by atoms with Crippen molar-refractivity contribution in [2.45, 2.75) is 13.3 Å². The maximum absolute atomic E-state index is 2.29. The number of benzene rings is 2. The Morgan fingerprint density at radius 3 is 2.16 bits per heavy atom. The topological polar surface area (TPSA) is 0 Å². The Bertz CT molecular complexity index is 665. The van der Waals surface area contributed by atoms with Gasteiger partial charge in [-0.1, -0.05) is 61.5 Å². The van der Waals surface area contributed by atoms with Crippen LogP contribution in [-0.2, 0) is 6.42 Å². The summed E-state index contributed by atoms with van der Waals surface area (Å²) in [6.45, 7) is 2.20. The average Bonchev–Trinajstić information content (AvgIpc) is 2.98. The summed E-state index contributed by atoms with van der Waals surface area (Å²) in [5, 5.41) is 0. The van der Waals surface area contributed by atoms with Gasteiger partial charge < -0.3 is 0 Å². The van der Waals surface area contributed by atoms with Gasteiger partial charge in [0.2, 0.25) is 0 Å². The normalized spacial score (nSPS) is 10.6. The molecule has 0 saturated carbocycles. The molecule has 1 aromatic heterocycles. The van der Waals surface area contributed by atoms with Crippen LogP contribution in [0.25, 0.3) is 20.9 Å². The van der Waals surface area contributed by atoms with Gasteiger partial charge in [-0.3, -0.25) is 0 Å². The summed E-state index contributed by atoms with van der Waals surface area (Å²) in [6.07, 6.45) is 1.09. The second-order valence-corrected chi connectivity index (χ2v) is 5.67. The lowest BCUT2D eigenvalue weighted by Gasteiger charge is -2.01. The van der Waals surface area contributed by atoms with Crippen LogP contribution in [-0.4, -0.2) is 0 Å². The van der Waals surface area contributed by atoms with Crippen molar-refractivity contribution >= 4 is 11.3 Å². The van der Waals surface area contributed by atoms with Crippen LogP contribution in [0.3, 0.4) is 0 Å². The van der Waals surface area contributed by atoms with Crippen molar-refractivity contribution in [1.29, 1.82) is 0 Å². The van der Waals surface area contributed by atoms with Crippen molar-refractivity contribution in [3.63, 3.8) is 0 Å². The number of rotatable bonds is 3. The van der Waals surface area contributed by atoms with E-state index in [1.54, 1.807) is 0 Å². The van der Waals surface area contributed by atoms with Crippen molar-refractivity contribution in [2.24, 2.45) is 0 Å². The van der Waals surface area contributed by atoms with Gasteiger partial charge in [-0.15, -0.1) is 11.3 Å². The van der Waals surface area contributed by atoms with Gasteiger partial charge in [0.25, 0.3) is 0 Å². The molecule has 0 unspecified atom stereocenters. The molecule has 1 heteroatoms. The predicted octanol–water partition coefficient (Wildman–Crippen LogP) is 5.64. The van der Waals surface area contributed by atoms with Crippen LogP contribution < -0.4 is 0 Å². The van der Waals surface area contributed by atoms with Gasteiger partial charge in [0.15, 0.2) is 0 Å². The van der Waals surface area contributed by atoms with E-state index in [9.17, 15) is 0 Å². The van der Waals surface area contributed by atoms with Crippen LogP contribution in [0.4, 0.5) is 0 Å². The van der Waals surface area contributed by atoms with Gasteiger partial charge in [-0.25, -0.2) is 0 Å². The molecule has 0 aliphatic carbocycles. The highest BCUT2D eigenvalue weighted by molar-refractivity contribution is 7.18. The van der Waals surface area contributed by atoms with E-state index in [1.165, 1.54) is 26.4 Å². The summed E-state index contributed by atoms with van der Waals surface area (Å²) in [7, 11) is 0. The summed E-state index contributed by atoms with van der Waals surface area (Å²) in [5.74, 6) is 0. The first-order valence-electron chi connectivity index (χ1n) is 6.61. The molecular weight excluding hydrogens is 248 g/mol. The third-order valence-corrected chi connectivity index (χ3v) is 4.47. The van der Waals surface area contributed by atoms with Crippen LogP contribution >= 0.6 is 11.3 Å². The maximum atomic E-state index is 2.29. The predicted molar refractivity (Wildman–Crippen MR) is 84.6 cm³/mol. The molecule has 3 rings (SSSR count). The van der Waals surface area contributed by atoms with E-state index in [0.29, 0.717) is 0 Å². The third-order valence-electron chi connectivity index (χ3n) is 3.28. The molecule has 0 aliphatic heterocycles. The second-order valence-electron chi connectivity index (χ2n) is 4.58. The monoisotopic (exact) mass is 264 g/mol. The summed E-state index contributed by atoms with van der Waals surface area (Å²) >= 11 is 1.86. The molecule has 3 aromatic rings. The van der Waals surface area contributed by atoms with Crippen molar-refractivity contribution < 1.29 is 0 Å². The summed E-state index contributed by atoms with van der Waals surface area (Å²) in [4.78, 5) is 2.67. The zero-order valence-corrected chi connectivity index (χ0v) is 11.8. The molecule has 0 saturated heterocycles. The Labute approximate surface area is 118 Å². The molecule has 0 bridgehead atoms. The maximum Gasteiger partial charge on any atom is 0.0349 e. The van der Waals surface area contributed by atoms with Crippen LogP contribution in [0.5, 0.6) is 0 Å². The van der Waals surface area contributed by atoms with Crippen molar-refractivity contribution in [2.75, 3.05) is 0 Å². The molecule has 0 aliphatic rings. The molecule has 0 amide bonds. The molecule has 1 heterocycles. The Morgan fingerprint density at radius 2 is 1.42 bits per heavy atom. The highest BCUT2D eigenvalue weighted by Crippen LogP contribution is 2.34. The fraction of sp³-hybridized carbons (Fsp3) is 0.111. The lowest BCUT2D eigenvalue weighted by Crippen LogP contribution is -1.79. The Hall–Kier alpha value is -1.86. The Kier molecular flexibility index (Phi) is 3.47. The first-order chi connectivity index (χ1) is 9.36. The van der Waals surface area contributed by atoms with E-state index >= 15 is 0 Å². The molecular formula is C18H16S.